The number of nitrogens with zero attached hydrogens (tertiary/aromatic N) is 2. The highest BCUT2D eigenvalue weighted by molar-refractivity contribution is 8.00. The molecule has 1 aliphatic heterocycles. The minimum Gasteiger partial charge on any atom is -0.350 e. The summed E-state index contributed by atoms with van der Waals surface area (Å²) < 4.78 is 25.9. The van der Waals surface area contributed by atoms with E-state index in [9.17, 15) is 13.2 Å². The molecule has 0 saturated carbocycles. The summed E-state index contributed by atoms with van der Waals surface area (Å²) in [5.74, 6) is -0.0609. The molecular weight excluding hydrogens is 338 g/mol. The van der Waals surface area contributed by atoms with Gasteiger partial charge in [0.2, 0.25) is 0 Å². The van der Waals surface area contributed by atoms with Gasteiger partial charge in [-0.25, -0.2) is 8.42 Å². The number of allylic oxidation sites excluding steroid dienone is 1. The van der Waals surface area contributed by atoms with Gasteiger partial charge in [0.05, 0.1) is 10.7 Å². The number of sulfone groups is 1. The Morgan fingerprint density at radius 1 is 1.36 bits per heavy atom. The molecule has 0 bridgehead atoms. The Morgan fingerprint density at radius 2 is 2.20 bits per heavy atom. The summed E-state index contributed by atoms with van der Waals surface area (Å²) in [5, 5.41) is 7.08. The molecule has 1 aromatic carbocycles. The van der Waals surface area contributed by atoms with E-state index >= 15 is 0 Å². The van der Waals surface area contributed by atoms with Crippen LogP contribution in [-0.4, -0.2) is 35.9 Å². The van der Waals surface area contributed by atoms with Crippen LogP contribution in [0.15, 0.2) is 48.8 Å². The summed E-state index contributed by atoms with van der Waals surface area (Å²) in [6.07, 6.45) is 6.61. The normalized spacial score (nSPS) is 17.1. The van der Waals surface area contributed by atoms with E-state index in [4.69, 9.17) is 0 Å². The number of hydrogen-bond donors (Lipinski definition) is 1. The average Bonchev–Trinajstić information content (AvgIpc) is 3.22. The second-order valence-corrected chi connectivity index (χ2v) is 8.27. The molecule has 6 nitrogen and oxygen atoms in total. The van der Waals surface area contributed by atoms with Gasteiger partial charge in [-0.2, -0.15) is 5.10 Å². The minimum absolute atomic E-state index is 0.0187. The lowest BCUT2D eigenvalue weighted by Gasteiger charge is -2.14. The molecule has 1 aliphatic rings. The quantitative estimate of drug-likeness (QED) is 0.858. The van der Waals surface area contributed by atoms with Crippen LogP contribution < -0.4 is 5.32 Å². The zero-order chi connectivity index (χ0) is 17.9. The summed E-state index contributed by atoms with van der Waals surface area (Å²) in [4.78, 5) is 12.8. The van der Waals surface area contributed by atoms with Gasteiger partial charge in [-0.05, 0) is 43.5 Å². The van der Waals surface area contributed by atoms with Crippen LogP contribution in [0.5, 0.6) is 0 Å². The van der Waals surface area contributed by atoms with E-state index in [0.29, 0.717) is 22.5 Å². The van der Waals surface area contributed by atoms with Crippen LogP contribution in [-0.2, 0) is 16.4 Å². The number of aryl methyl sites for hydroxylation is 1. The topological polar surface area (TPSA) is 81.1 Å². The highest BCUT2D eigenvalue weighted by atomic mass is 32.2. The first kappa shape index (κ1) is 17.4. The zero-order valence-electron chi connectivity index (χ0n) is 14.1. The van der Waals surface area contributed by atoms with Crippen LogP contribution in [0, 0.1) is 0 Å². The summed E-state index contributed by atoms with van der Waals surface area (Å²) >= 11 is 0. The number of hydrogen-bond acceptors (Lipinski definition) is 4. The third kappa shape index (κ3) is 4.17. The van der Waals surface area contributed by atoms with Crippen molar-refractivity contribution in [3.05, 3.63) is 59.9 Å². The Balaban J connectivity index is 1.65. The molecular formula is C18H21N3O3S. The molecule has 132 valence electrons. The third-order valence-electron chi connectivity index (χ3n) is 4.19. The SMILES string of the molecule is C[C@H](CCn1cccn1)NC(=O)c1cccc(C2=CCCS2(=O)=O)c1. The van der Waals surface area contributed by atoms with Crippen LogP contribution in [0.25, 0.3) is 4.91 Å². The van der Waals surface area contributed by atoms with E-state index in [-0.39, 0.29) is 17.7 Å². The van der Waals surface area contributed by atoms with Crippen LogP contribution in [0.2, 0.25) is 0 Å². The van der Waals surface area contributed by atoms with Crippen molar-refractivity contribution in [2.24, 2.45) is 0 Å². The second kappa shape index (κ2) is 7.23. The van der Waals surface area contributed by atoms with E-state index in [1.807, 2.05) is 23.9 Å². The van der Waals surface area contributed by atoms with Gasteiger partial charge >= 0.3 is 0 Å². The molecule has 1 atom stereocenters. The first-order valence-corrected chi connectivity index (χ1v) is 9.92. The Bertz CT molecular complexity index is 886. The number of aromatic nitrogens is 2. The van der Waals surface area contributed by atoms with Gasteiger partial charge in [0, 0.05) is 30.5 Å². The van der Waals surface area contributed by atoms with Crippen LogP contribution >= 0.6 is 0 Å². The molecule has 0 unspecified atom stereocenters. The van der Waals surface area contributed by atoms with Gasteiger partial charge in [-0.1, -0.05) is 18.2 Å². The Labute approximate surface area is 147 Å². The fourth-order valence-corrected chi connectivity index (χ4v) is 4.34. The fraction of sp³-hybridized carbons (Fsp3) is 0.333. The number of nitrogens with one attached hydrogen (secondary N) is 1. The summed E-state index contributed by atoms with van der Waals surface area (Å²) in [6.45, 7) is 2.66. The summed E-state index contributed by atoms with van der Waals surface area (Å²) in [6, 6.07) is 8.63. The molecule has 7 heteroatoms. The molecule has 0 radical (unpaired) electrons. The fourth-order valence-electron chi connectivity index (χ4n) is 2.83. The van der Waals surface area contributed by atoms with Crippen molar-refractivity contribution < 1.29 is 13.2 Å². The molecule has 2 aromatic rings. The monoisotopic (exact) mass is 359 g/mol. The van der Waals surface area contributed by atoms with Crippen molar-refractivity contribution in [2.45, 2.75) is 32.4 Å². The molecule has 1 N–H and O–H groups in total. The van der Waals surface area contributed by atoms with Gasteiger partial charge in [0.1, 0.15) is 0 Å². The van der Waals surface area contributed by atoms with Gasteiger partial charge in [0.15, 0.2) is 9.84 Å². The van der Waals surface area contributed by atoms with Crippen molar-refractivity contribution in [3.63, 3.8) is 0 Å². The maximum absolute atomic E-state index is 12.4. The van der Waals surface area contributed by atoms with Gasteiger partial charge in [0.25, 0.3) is 5.91 Å². The first-order valence-electron chi connectivity index (χ1n) is 8.27. The minimum atomic E-state index is -3.22. The maximum atomic E-state index is 12.4. The van der Waals surface area contributed by atoms with Gasteiger partial charge < -0.3 is 5.32 Å². The smallest absolute Gasteiger partial charge is 0.251 e. The Morgan fingerprint density at radius 3 is 2.88 bits per heavy atom. The van der Waals surface area contributed by atoms with Crippen LogP contribution in [0.1, 0.15) is 35.7 Å². The van der Waals surface area contributed by atoms with E-state index in [1.54, 1.807) is 36.5 Å². The first-order chi connectivity index (χ1) is 12.0. The molecule has 0 spiro atoms. The number of rotatable bonds is 6. The largest absolute Gasteiger partial charge is 0.350 e. The summed E-state index contributed by atoms with van der Waals surface area (Å²) in [5.41, 5.74) is 1.04. The second-order valence-electron chi connectivity index (χ2n) is 6.19. The van der Waals surface area contributed by atoms with E-state index in [1.165, 1.54) is 0 Å². The third-order valence-corrected chi connectivity index (χ3v) is 6.03. The lowest BCUT2D eigenvalue weighted by molar-refractivity contribution is 0.0937. The van der Waals surface area contributed by atoms with Gasteiger partial charge in [-0.3, -0.25) is 9.48 Å². The Hall–Kier alpha value is -2.41. The van der Waals surface area contributed by atoms with Crippen molar-refractivity contribution in [3.8, 4) is 0 Å². The molecule has 1 amide bonds. The number of benzene rings is 1. The van der Waals surface area contributed by atoms with Crippen molar-refractivity contribution in [1.82, 2.24) is 15.1 Å². The lowest BCUT2D eigenvalue weighted by atomic mass is 10.1. The van der Waals surface area contributed by atoms with Gasteiger partial charge in [-0.15, -0.1) is 0 Å². The Kier molecular flexibility index (Phi) is 5.03. The number of carbonyl (C=O) groups excluding carboxylic acids is 1. The lowest BCUT2D eigenvalue weighted by Crippen LogP contribution is -2.33. The van der Waals surface area contributed by atoms with Crippen LogP contribution in [0.4, 0.5) is 0 Å². The van der Waals surface area contributed by atoms with E-state index in [0.717, 1.165) is 13.0 Å². The molecule has 2 heterocycles. The van der Waals surface area contributed by atoms with Crippen molar-refractivity contribution >= 4 is 20.6 Å². The highest BCUT2D eigenvalue weighted by Gasteiger charge is 2.24. The summed E-state index contributed by atoms with van der Waals surface area (Å²) in [7, 11) is -3.22. The zero-order valence-corrected chi connectivity index (χ0v) is 14.9. The molecule has 3 rings (SSSR count). The van der Waals surface area contributed by atoms with Crippen LogP contribution in [0.3, 0.4) is 0 Å². The number of amides is 1. The molecule has 0 fully saturated rings. The molecule has 0 saturated heterocycles. The van der Waals surface area contributed by atoms with E-state index in [2.05, 4.69) is 10.4 Å². The standard InChI is InChI=1S/C18H21N3O3S/c1-14(8-11-21-10-4-9-19-21)20-18(22)16-6-2-5-15(13-16)17-7-3-12-25(17,23)24/h2,4-7,9-10,13-14H,3,8,11-12H2,1H3,(H,20,22)/t14-/m1/s1. The predicted octanol–water partition coefficient (Wildman–Crippen LogP) is 2.25. The maximum Gasteiger partial charge on any atom is 0.251 e. The van der Waals surface area contributed by atoms with Crippen molar-refractivity contribution in [2.75, 3.05) is 5.75 Å². The average molecular weight is 359 g/mol. The molecule has 25 heavy (non-hydrogen) atoms. The predicted molar refractivity (Wildman–Crippen MR) is 96.6 cm³/mol. The van der Waals surface area contributed by atoms with E-state index < -0.39 is 9.84 Å². The number of carbonyl (C=O) groups is 1. The highest BCUT2D eigenvalue weighted by Crippen LogP contribution is 2.28. The molecule has 1 aromatic heterocycles. The molecule has 0 aliphatic carbocycles. The van der Waals surface area contributed by atoms with Crippen molar-refractivity contribution in [1.29, 1.82) is 0 Å².